The van der Waals surface area contributed by atoms with Crippen LogP contribution in [0.5, 0.6) is 5.75 Å². The highest BCUT2D eigenvalue weighted by Gasteiger charge is 2.56. The number of nitrogens with zero attached hydrogens (tertiary/aromatic N) is 3. The van der Waals surface area contributed by atoms with Crippen molar-refractivity contribution in [1.29, 1.82) is 0 Å². The molecule has 3 fully saturated rings. The molecule has 1 aromatic carbocycles. The number of pyridine rings is 1. The lowest BCUT2D eigenvalue weighted by Crippen LogP contribution is -2.36. The minimum Gasteiger partial charge on any atom is -0.492 e. The molecular weight excluding hydrogens is 389 g/mol. The Hall–Kier alpha value is -2.61. The fourth-order valence-corrected chi connectivity index (χ4v) is 5.21. The van der Waals surface area contributed by atoms with Gasteiger partial charge in [0.1, 0.15) is 11.3 Å². The average molecular weight is 415 g/mol. The van der Waals surface area contributed by atoms with Gasteiger partial charge >= 0.3 is 5.97 Å². The Kier molecular flexibility index (Phi) is 4.16. The average Bonchev–Trinajstić information content (AvgIpc) is 3.59. The van der Waals surface area contributed by atoms with Crippen LogP contribution in [-0.4, -0.2) is 60.9 Å². The summed E-state index contributed by atoms with van der Waals surface area (Å²) in [6.45, 7) is 1.43. The van der Waals surface area contributed by atoms with Crippen molar-refractivity contribution in [2.45, 2.75) is 37.8 Å². The molecule has 1 aromatic heterocycles. The monoisotopic (exact) mass is 415 g/mol. The quantitative estimate of drug-likeness (QED) is 0.810. The number of carboxylic acid groups (broad SMARTS) is 1. The van der Waals surface area contributed by atoms with Crippen molar-refractivity contribution in [3.05, 3.63) is 33.9 Å². The summed E-state index contributed by atoms with van der Waals surface area (Å²) < 4.78 is 23.0. The maximum atomic E-state index is 15.4. The first-order valence-electron chi connectivity index (χ1n) is 10.4. The number of rotatable bonds is 5. The van der Waals surface area contributed by atoms with Gasteiger partial charge in [-0.25, -0.2) is 9.18 Å². The van der Waals surface area contributed by atoms with Gasteiger partial charge in [0.2, 0.25) is 5.43 Å². The number of fused-ring (bicyclic) bond motifs is 1. The number of methoxy groups -OCH3 is 1. The van der Waals surface area contributed by atoms with Crippen LogP contribution in [0.1, 0.15) is 42.1 Å². The van der Waals surface area contributed by atoms with Crippen LogP contribution in [0, 0.1) is 11.2 Å². The highest BCUT2D eigenvalue weighted by molar-refractivity contribution is 5.97. The van der Waals surface area contributed by atoms with Crippen LogP contribution in [0.25, 0.3) is 10.9 Å². The molecule has 8 heteroatoms. The number of carboxylic acids is 1. The molecule has 0 radical (unpaired) electrons. The van der Waals surface area contributed by atoms with Gasteiger partial charge in [-0.3, -0.25) is 4.79 Å². The topological polar surface area (TPSA) is 75.0 Å². The summed E-state index contributed by atoms with van der Waals surface area (Å²) in [5, 5.41) is 9.53. The summed E-state index contributed by atoms with van der Waals surface area (Å²) >= 11 is 0. The molecule has 2 heterocycles. The van der Waals surface area contributed by atoms with Crippen LogP contribution in [0.3, 0.4) is 0 Å². The van der Waals surface area contributed by atoms with Gasteiger partial charge in [-0.2, -0.15) is 0 Å². The van der Waals surface area contributed by atoms with E-state index in [0.29, 0.717) is 29.5 Å². The SMILES string of the molecule is COc1c(N2C[C@@H](N(C)C)C3(CC3)C2)c(F)cc2c(=O)c(C(=O)O)cn(C3CC3)c12. The molecule has 0 amide bonds. The first kappa shape index (κ1) is 19.4. The lowest BCUT2D eigenvalue weighted by molar-refractivity contribution is 0.0695. The molecule has 2 aliphatic carbocycles. The second-order valence-electron chi connectivity index (χ2n) is 9.17. The molecule has 0 bridgehead atoms. The largest absolute Gasteiger partial charge is 0.492 e. The Bertz CT molecular complexity index is 1120. The number of carbonyl (C=O) groups is 1. The van der Waals surface area contributed by atoms with Crippen LogP contribution >= 0.6 is 0 Å². The molecule has 3 aliphatic rings. The molecule has 5 rings (SSSR count). The van der Waals surface area contributed by atoms with E-state index in [1.807, 2.05) is 4.90 Å². The van der Waals surface area contributed by atoms with Crippen molar-refractivity contribution in [3.63, 3.8) is 0 Å². The number of likely N-dealkylation sites (N-methyl/N-ethyl adjacent to an activating group) is 1. The van der Waals surface area contributed by atoms with E-state index in [2.05, 4.69) is 19.0 Å². The first-order valence-corrected chi connectivity index (χ1v) is 10.4. The smallest absolute Gasteiger partial charge is 0.341 e. The molecule has 1 N–H and O–H groups in total. The molecule has 0 unspecified atom stereocenters. The Balaban J connectivity index is 1.74. The highest BCUT2D eigenvalue weighted by atomic mass is 19.1. The fraction of sp³-hybridized carbons (Fsp3) is 0.545. The summed E-state index contributed by atoms with van der Waals surface area (Å²) in [6, 6.07) is 1.63. The first-order chi connectivity index (χ1) is 14.3. The van der Waals surface area contributed by atoms with Crippen molar-refractivity contribution in [2.24, 2.45) is 5.41 Å². The molecule has 2 aromatic rings. The van der Waals surface area contributed by atoms with E-state index < -0.39 is 17.2 Å². The number of aromatic nitrogens is 1. The molecule has 1 spiro atoms. The van der Waals surface area contributed by atoms with Crippen molar-refractivity contribution < 1.29 is 19.0 Å². The number of aromatic carboxylic acids is 1. The van der Waals surface area contributed by atoms with Gasteiger partial charge in [0.25, 0.3) is 0 Å². The van der Waals surface area contributed by atoms with E-state index in [1.54, 1.807) is 4.57 Å². The summed E-state index contributed by atoms with van der Waals surface area (Å²) in [4.78, 5) is 28.7. The van der Waals surface area contributed by atoms with Crippen LogP contribution in [0.15, 0.2) is 17.1 Å². The van der Waals surface area contributed by atoms with E-state index in [0.717, 1.165) is 32.2 Å². The molecule has 1 saturated heterocycles. The van der Waals surface area contributed by atoms with Crippen LogP contribution < -0.4 is 15.1 Å². The third-order valence-electron chi connectivity index (χ3n) is 7.01. The van der Waals surface area contributed by atoms with Crippen LogP contribution in [-0.2, 0) is 0 Å². The lowest BCUT2D eigenvalue weighted by atomic mass is 10.0. The van der Waals surface area contributed by atoms with Gasteiger partial charge < -0.3 is 24.2 Å². The van der Waals surface area contributed by atoms with Gasteiger partial charge in [0.05, 0.1) is 18.0 Å². The van der Waals surface area contributed by atoms with E-state index in [-0.39, 0.29) is 22.4 Å². The predicted molar refractivity (Wildman–Crippen MR) is 111 cm³/mol. The summed E-state index contributed by atoms with van der Waals surface area (Å²) in [6.07, 6.45) is 5.42. The normalized spacial score (nSPS) is 22.3. The van der Waals surface area contributed by atoms with Crippen LogP contribution in [0.2, 0.25) is 0 Å². The third kappa shape index (κ3) is 2.73. The molecule has 2 saturated carbocycles. The summed E-state index contributed by atoms with van der Waals surface area (Å²) in [7, 11) is 5.59. The zero-order chi connectivity index (χ0) is 21.4. The standard InChI is InChI=1S/C22H26FN3O4/c1-24(2)16-10-25(11-22(16)6-7-22)18-15(23)8-13-17(20(18)30-3)26(12-4-5-12)9-14(19(13)27)21(28)29/h8-9,12,16H,4-7,10-11H2,1-3H3,(H,28,29)/t16-/m1/s1. The minimum atomic E-state index is -1.30. The van der Waals surface area contributed by atoms with Crippen molar-refractivity contribution in [1.82, 2.24) is 9.47 Å². The second-order valence-corrected chi connectivity index (χ2v) is 9.17. The van der Waals surface area contributed by atoms with Gasteiger partial charge in [-0.1, -0.05) is 0 Å². The van der Waals surface area contributed by atoms with Gasteiger partial charge in [-0.15, -0.1) is 0 Å². The zero-order valence-electron chi connectivity index (χ0n) is 17.4. The molecule has 1 aliphatic heterocycles. The minimum absolute atomic E-state index is 0.0596. The molecule has 30 heavy (non-hydrogen) atoms. The number of halogens is 1. The Morgan fingerprint density at radius 1 is 1.33 bits per heavy atom. The van der Waals surface area contributed by atoms with E-state index in [1.165, 1.54) is 19.4 Å². The maximum Gasteiger partial charge on any atom is 0.341 e. The number of hydrogen-bond acceptors (Lipinski definition) is 5. The number of ether oxygens (including phenoxy) is 1. The lowest BCUT2D eigenvalue weighted by Gasteiger charge is -2.26. The maximum absolute atomic E-state index is 15.4. The van der Waals surface area contributed by atoms with E-state index >= 15 is 4.39 Å². The molecule has 160 valence electrons. The molecular formula is C22H26FN3O4. The number of benzene rings is 1. The van der Waals surface area contributed by atoms with Crippen molar-refractivity contribution in [3.8, 4) is 5.75 Å². The Morgan fingerprint density at radius 2 is 2.03 bits per heavy atom. The van der Waals surface area contributed by atoms with E-state index in [4.69, 9.17) is 4.74 Å². The van der Waals surface area contributed by atoms with Crippen LogP contribution in [0.4, 0.5) is 10.1 Å². The second kappa shape index (κ2) is 6.44. The van der Waals surface area contributed by atoms with Gasteiger partial charge in [-0.05, 0) is 45.8 Å². The Labute approximate surface area is 173 Å². The van der Waals surface area contributed by atoms with Gasteiger partial charge in [0, 0.05) is 36.8 Å². The zero-order valence-corrected chi connectivity index (χ0v) is 17.4. The summed E-state index contributed by atoms with van der Waals surface area (Å²) in [5.41, 5.74) is 0.0278. The Morgan fingerprint density at radius 3 is 2.53 bits per heavy atom. The molecule has 1 atom stereocenters. The van der Waals surface area contributed by atoms with Gasteiger partial charge in [0.15, 0.2) is 11.6 Å². The summed E-state index contributed by atoms with van der Waals surface area (Å²) in [5.74, 6) is -1.53. The molecule has 7 nitrogen and oxygen atoms in total. The van der Waals surface area contributed by atoms with Crippen molar-refractivity contribution >= 4 is 22.6 Å². The number of anilines is 1. The third-order valence-corrected chi connectivity index (χ3v) is 7.01. The van der Waals surface area contributed by atoms with E-state index in [9.17, 15) is 14.7 Å². The predicted octanol–water partition coefficient (Wildman–Crippen LogP) is 2.71. The fourth-order valence-electron chi connectivity index (χ4n) is 5.21. The van der Waals surface area contributed by atoms with Crippen molar-refractivity contribution in [2.75, 3.05) is 39.2 Å². The number of hydrogen-bond donors (Lipinski definition) is 1. The highest BCUT2D eigenvalue weighted by Crippen LogP contribution is 2.56.